The number of aryl methyl sites for hydroxylation is 1. The SMILES string of the molecule is CCOC(=O)C1CCCN(CC(=O)N2N=C(c3ccc(OC)cc3OC)CC2c2ccc(C)cc2)C1. The van der Waals surface area contributed by atoms with E-state index in [-0.39, 0.29) is 30.4 Å². The second-order valence-electron chi connectivity index (χ2n) is 9.31. The number of likely N-dealkylation sites (tertiary alicyclic amines) is 1. The molecular weight excluding hydrogens is 458 g/mol. The minimum absolute atomic E-state index is 0.0902. The first-order valence-corrected chi connectivity index (χ1v) is 12.5. The summed E-state index contributed by atoms with van der Waals surface area (Å²) in [5.74, 6) is 0.880. The van der Waals surface area contributed by atoms with Crippen molar-refractivity contribution in [2.75, 3.05) is 40.5 Å². The van der Waals surface area contributed by atoms with Crippen LogP contribution in [-0.2, 0) is 14.3 Å². The number of nitrogens with zero attached hydrogens (tertiary/aromatic N) is 3. The van der Waals surface area contributed by atoms with Gasteiger partial charge in [0.15, 0.2) is 0 Å². The van der Waals surface area contributed by atoms with E-state index in [1.807, 2.05) is 36.9 Å². The van der Waals surface area contributed by atoms with Crippen molar-refractivity contribution in [1.29, 1.82) is 0 Å². The van der Waals surface area contributed by atoms with E-state index >= 15 is 0 Å². The van der Waals surface area contributed by atoms with Crippen LogP contribution in [0.5, 0.6) is 11.5 Å². The molecule has 0 spiro atoms. The highest BCUT2D eigenvalue weighted by molar-refractivity contribution is 6.05. The lowest BCUT2D eigenvalue weighted by Crippen LogP contribution is -2.44. The number of methoxy groups -OCH3 is 2. The first-order valence-electron chi connectivity index (χ1n) is 12.5. The van der Waals surface area contributed by atoms with Crippen LogP contribution in [0.3, 0.4) is 0 Å². The van der Waals surface area contributed by atoms with Crippen LogP contribution < -0.4 is 9.47 Å². The van der Waals surface area contributed by atoms with E-state index in [9.17, 15) is 9.59 Å². The summed E-state index contributed by atoms with van der Waals surface area (Å²) in [6.07, 6.45) is 2.22. The Kier molecular flexibility index (Phi) is 8.25. The number of carbonyl (C=O) groups is 2. The van der Waals surface area contributed by atoms with Crippen molar-refractivity contribution in [2.45, 2.75) is 39.2 Å². The summed E-state index contributed by atoms with van der Waals surface area (Å²) in [5, 5.41) is 6.42. The number of piperidine rings is 1. The van der Waals surface area contributed by atoms with Crippen molar-refractivity contribution in [1.82, 2.24) is 9.91 Å². The normalized spacial score (nSPS) is 20.1. The van der Waals surface area contributed by atoms with Crippen molar-refractivity contribution in [3.8, 4) is 11.5 Å². The van der Waals surface area contributed by atoms with Gasteiger partial charge in [0.2, 0.25) is 0 Å². The van der Waals surface area contributed by atoms with Gasteiger partial charge in [-0.05, 0) is 50.9 Å². The molecule has 0 N–H and O–H groups in total. The number of rotatable bonds is 8. The van der Waals surface area contributed by atoms with Gasteiger partial charge >= 0.3 is 5.97 Å². The first-order chi connectivity index (χ1) is 17.4. The van der Waals surface area contributed by atoms with Crippen LogP contribution in [0.4, 0.5) is 0 Å². The van der Waals surface area contributed by atoms with Gasteiger partial charge in [-0.3, -0.25) is 14.5 Å². The Labute approximate surface area is 212 Å². The van der Waals surface area contributed by atoms with Crippen molar-refractivity contribution in [2.24, 2.45) is 11.0 Å². The minimum Gasteiger partial charge on any atom is -0.497 e. The molecule has 0 aliphatic carbocycles. The van der Waals surface area contributed by atoms with Crippen LogP contribution in [0.15, 0.2) is 47.6 Å². The van der Waals surface area contributed by atoms with Crippen LogP contribution in [-0.4, -0.2) is 68.0 Å². The smallest absolute Gasteiger partial charge is 0.310 e. The maximum Gasteiger partial charge on any atom is 0.310 e. The zero-order chi connectivity index (χ0) is 25.7. The molecule has 1 amide bonds. The van der Waals surface area contributed by atoms with Crippen LogP contribution in [0.1, 0.15) is 48.9 Å². The van der Waals surface area contributed by atoms with E-state index in [1.165, 1.54) is 0 Å². The number of hydrazone groups is 1. The molecule has 1 fully saturated rings. The summed E-state index contributed by atoms with van der Waals surface area (Å²) in [6, 6.07) is 13.6. The van der Waals surface area contributed by atoms with Gasteiger partial charge in [0.1, 0.15) is 11.5 Å². The molecule has 2 aliphatic heterocycles. The quantitative estimate of drug-likeness (QED) is 0.518. The van der Waals surface area contributed by atoms with E-state index in [4.69, 9.17) is 19.3 Å². The lowest BCUT2D eigenvalue weighted by molar-refractivity contribution is -0.150. The fraction of sp³-hybridized carbons (Fsp3) is 0.464. The number of amides is 1. The van der Waals surface area contributed by atoms with E-state index in [2.05, 4.69) is 24.3 Å². The van der Waals surface area contributed by atoms with Crippen molar-refractivity contribution in [3.05, 3.63) is 59.2 Å². The molecule has 0 bridgehead atoms. The Morgan fingerprint density at radius 3 is 2.56 bits per heavy atom. The number of ether oxygens (including phenoxy) is 3. The Morgan fingerprint density at radius 1 is 1.08 bits per heavy atom. The molecule has 8 nitrogen and oxygen atoms in total. The zero-order valence-electron chi connectivity index (χ0n) is 21.5. The van der Waals surface area contributed by atoms with Crippen molar-refractivity contribution < 1.29 is 23.8 Å². The summed E-state index contributed by atoms with van der Waals surface area (Å²) >= 11 is 0. The van der Waals surface area contributed by atoms with Gasteiger partial charge in [-0.25, -0.2) is 5.01 Å². The third-order valence-electron chi connectivity index (χ3n) is 6.83. The molecule has 192 valence electrons. The van der Waals surface area contributed by atoms with Gasteiger partial charge in [-0.15, -0.1) is 0 Å². The molecule has 2 atom stereocenters. The fourth-order valence-corrected chi connectivity index (χ4v) is 4.90. The van der Waals surface area contributed by atoms with Crippen LogP contribution in [0, 0.1) is 12.8 Å². The zero-order valence-corrected chi connectivity index (χ0v) is 21.5. The number of hydrogen-bond acceptors (Lipinski definition) is 7. The first kappa shape index (κ1) is 25.7. The molecule has 2 heterocycles. The standard InChI is InChI=1S/C28H35N3O5/c1-5-36-28(33)21-7-6-14-30(17-21)18-27(32)31-25(20-10-8-19(2)9-11-20)16-24(29-31)23-13-12-22(34-3)15-26(23)35-4/h8-13,15,21,25H,5-7,14,16-18H2,1-4H3. The second-order valence-corrected chi connectivity index (χ2v) is 9.31. The van der Waals surface area contributed by atoms with Gasteiger partial charge in [0.25, 0.3) is 5.91 Å². The molecule has 0 radical (unpaired) electrons. The van der Waals surface area contributed by atoms with Gasteiger partial charge in [0, 0.05) is 24.6 Å². The Hall–Kier alpha value is -3.39. The van der Waals surface area contributed by atoms with E-state index < -0.39 is 0 Å². The van der Waals surface area contributed by atoms with Gasteiger partial charge in [0.05, 0.1) is 45.0 Å². The number of esters is 1. The third kappa shape index (κ3) is 5.70. The predicted molar refractivity (Wildman–Crippen MR) is 137 cm³/mol. The van der Waals surface area contributed by atoms with Crippen molar-refractivity contribution >= 4 is 17.6 Å². The highest BCUT2D eigenvalue weighted by Crippen LogP contribution is 2.36. The molecule has 2 aromatic rings. The van der Waals surface area contributed by atoms with E-state index in [1.54, 1.807) is 19.2 Å². The van der Waals surface area contributed by atoms with Gasteiger partial charge in [-0.1, -0.05) is 29.8 Å². The van der Waals surface area contributed by atoms with E-state index in [0.29, 0.717) is 31.1 Å². The summed E-state index contributed by atoms with van der Waals surface area (Å²) in [4.78, 5) is 27.9. The minimum atomic E-state index is -0.217. The van der Waals surface area contributed by atoms with Gasteiger partial charge < -0.3 is 14.2 Å². The predicted octanol–water partition coefficient (Wildman–Crippen LogP) is 3.97. The lowest BCUT2D eigenvalue weighted by Gasteiger charge is -2.32. The summed E-state index contributed by atoms with van der Waals surface area (Å²) in [6.45, 7) is 5.72. The average Bonchev–Trinajstić information content (AvgIpc) is 3.34. The molecule has 1 saturated heterocycles. The monoisotopic (exact) mass is 493 g/mol. The number of carbonyl (C=O) groups excluding carboxylic acids is 2. The molecule has 0 saturated carbocycles. The number of hydrogen-bond donors (Lipinski definition) is 0. The Bertz CT molecular complexity index is 1110. The molecule has 36 heavy (non-hydrogen) atoms. The molecule has 8 heteroatoms. The summed E-state index contributed by atoms with van der Waals surface area (Å²) in [7, 11) is 3.23. The fourth-order valence-electron chi connectivity index (χ4n) is 4.90. The third-order valence-corrected chi connectivity index (χ3v) is 6.83. The molecule has 2 unspecified atom stereocenters. The highest BCUT2D eigenvalue weighted by atomic mass is 16.5. The van der Waals surface area contributed by atoms with E-state index in [0.717, 1.165) is 41.8 Å². The molecule has 4 rings (SSSR count). The van der Waals surface area contributed by atoms with Crippen molar-refractivity contribution in [3.63, 3.8) is 0 Å². The summed E-state index contributed by atoms with van der Waals surface area (Å²) in [5.41, 5.74) is 3.82. The van der Waals surface area contributed by atoms with Crippen LogP contribution in [0.25, 0.3) is 0 Å². The average molecular weight is 494 g/mol. The van der Waals surface area contributed by atoms with Gasteiger partial charge in [-0.2, -0.15) is 5.10 Å². The maximum absolute atomic E-state index is 13.6. The second kappa shape index (κ2) is 11.6. The lowest BCUT2D eigenvalue weighted by atomic mass is 9.97. The summed E-state index contributed by atoms with van der Waals surface area (Å²) < 4.78 is 16.2. The number of benzene rings is 2. The molecular formula is C28H35N3O5. The largest absolute Gasteiger partial charge is 0.497 e. The highest BCUT2D eigenvalue weighted by Gasteiger charge is 2.36. The Morgan fingerprint density at radius 2 is 1.86 bits per heavy atom. The molecule has 0 aromatic heterocycles. The Balaban J connectivity index is 1.58. The van der Waals surface area contributed by atoms with Crippen LogP contribution >= 0.6 is 0 Å². The van der Waals surface area contributed by atoms with Crippen LogP contribution in [0.2, 0.25) is 0 Å². The molecule has 2 aromatic carbocycles. The topological polar surface area (TPSA) is 80.7 Å². The molecule has 2 aliphatic rings. The maximum atomic E-state index is 13.6.